The fourth-order valence-electron chi connectivity index (χ4n) is 3.25. The predicted molar refractivity (Wildman–Crippen MR) is 71.8 cm³/mol. The molecule has 2 atom stereocenters. The molecule has 2 aliphatic rings. The molecule has 0 bridgehead atoms. The van der Waals surface area contributed by atoms with Crippen LogP contribution in [-0.2, 0) is 10.1 Å². The first-order valence-electron chi connectivity index (χ1n) is 7.09. The van der Waals surface area contributed by atoms with Gasteiger partial charge in [-0.2, -0.15) is 8.42 Å². The summed E-state index contributed by atoms with van der Waals surface area (Å²) < 4.78 is 32.2. The van der Waals surface area contributed by atoms with Crippen LogP contribution in [0.1, 0.15) is 44.9 Å². The third-order valence-corrected chi connectivity index (χ3v) is 5.06. The first-order chi connectivity index (χ1) is 8.54. The van der Waals surface area contributed by atoms with Crippen molar-refractivity contribution >= 4 is 16.3 Å². The summed E-state index contributed by atoms with van der Waals surface area (Å²) >= 11 is 0. The first-order valence-corrected chi connectivity index (χ1v) is 8.70. The van der Waals surface area contributed by atoms with E-state index in [1.807, 2.05) is 0 Å². The molecule has 1 aliphatic heterocycles. The lowest BCUT2D eigenvalue weighted by molar-refractivity contribution is -0.533. The van der Waals surface area contributed by atoms with Gasteiger partial charge < -0.3 is 0 Å². The second-order valence-corrected chi connectivity index (χ2v) is 7.25. The average Bonchev–Trinajstić information content (AvgIpc) is 2.33. The zero-order valence-corrected chi connectivity index (χ0v) is 11.7. The Hall–Kier alpha value is -0.420. The number of hydrogen-bond donors (Lipinski definition) is 1. The third-order valence-electron chi connectivity index (χ3n) is 4.25. The van der Waals surface area contributed by atoms with Gasteiger partial charge >= 0.3 is 0 Å². The highest BCUT2D eigenvalue weighted by Gasteiger charge is 2.30. The van der Waals surface area contributed by atoms with Crippen LogP contribution in [-0.4, -0.2) is 42.6 Å². The molecule has 1 saturated carbocycles. The monoisotopic (exact) mass is 274 g/mol. The van der Waals surface area contributed by atoms with Crippen LogP contribution in [0.5, 0.6) is 0 Å². The smallest absolute Gasteiger partial charge is 0.264 e. The molecule has 0 aromatic heterocycles. The lowest BCUT2D eigenvalue weighted by Crippen LogP contribution is -2.34. The predicted octanol–water partition coefficient (Wildman–Crippen LogP) is 1.95. The van der Waals surface area contributed by atoms with Gasteiger partial charge in [-0.3, -0.25) is 4.55 Å². The highest BCUT2D eigenvalue weighted by atomic mass is 32.2. The molecule has 1 N–H and O–H groups in total. The zero-order chi connectivity index (χ0) is 13.0. The molecule has 1 aliphatic carbocycles. The van der Waals surface area contributed by atoms with Crippen molar-refractivity contribution in [3.05, 3.63) is 0 Å². The van der Waals surface area contributed by atoms with Crippen molar-refractivity contribution in [1.29, 1.82) is 0 Å². The molecule has 18 heavy (non-hydrogen) atoms. The summed E-state index contributed by atoms with van der Waals surface area (Å²) in [5.41, 5.74) is 0. The molecule has 0 spiro atoms. The molecule has 4 nitrogen and oxygen atoms in total. The van der Waals surface area contributed by atoms with Gasteiger partial charge in [-0.15, -0.1) is 0 Å². The summed E-state index contributed by atoms with van der Waals surface area (Å²) in [7, 11) is -3.77. The Morgan fingerprint density at radius 1 is 1.17 bits per heavy atom. The minimum atomic E-state index is -3.77. The topological polar surface area (TPSA) is 57.4 Å². The fourth-order valence-corrected chi connectivity index (χ4v) is 3.82. The molecular formula is C13H24NO3S+. The summed E-state index contributed by atoms with van der Waals surface area (Å²) in [6, 6.07) is 0. The molecule has 0 amide bonds. The lowest BCUT2D eigenvalue weighted by atomic mass is 9.76. The van der Waals surface area contributed by atoms with Gasteiger partial charge in [0, 0.05) is 18.8 Å². The summed E-state index contributed by atoms with van der Waals surface area (Å²) in [5, 5.41) is 0. The van der Waals surface area contributed by atoms with Gasteiger partial charge in [-0.25, -0.2) is 4.58 Å². The highest BCUT2D eigenvalue weighted by molar-refractivity contribution is 7.85. The van der Waals surface area contributed by atoms with Gasteiger partial charge in [0.05, 0.1) is 5.75 Å². The van der Waals surface area contributed by atoms with Gasteiger partial charge in [0.2, 0.25) is 0 Å². The molecule has 1 heterocycles. The van der Waals surface area contributed by atoms with E-state index in [9.17, 15) is 8.42 Å². The van der Waals surface area contributed by atoms with Crippen LogP contribution in [0.2, 0.25) is 0 Å². The highest BCUT2D eigenvalue weighted by Crippen LogP contribution is 2.33. The Labute approximate surface area is 110 Å². The van der Waals surface area contributed by atoms with Crippen molar-refractivity contribution in [2.24, 2.45) is 11.8 Å². The van der Waals surface area contributed by atoms with Crippen molar-refractivity contribution in [1.82, 2.24) is 0 Å². The largest absolute Gasteiger partial charge is 0.286 e. The second kappa shape index (κ2) is 6.15. The summed E-state index contributed by atoms with van der Waals surface area (Å²) in [5.74, 6) is 1.55. The first kappa shape index (κ1) is 14.0. The Morgan fingerprint density at radius 3 is 2.72 bits per heavy atom. The van der Waals surface area contributed by atoms with E-state index in [1.165, 1.54) is 32.1 Å². The lowest BCUT2D eigenvalue weighted by Gasteiger charge is -2.30. The second-order valence-electron chi connectivity index (χ2n) is 5.68. The quantitative estimate of drug-likeness (QED) is 0.473. The minimum absolute atomic E-state index is 0.104. The Balaban J connectivity index is 1.75. The summed E-state index contributed by atoms with van der Waals surface area (Å²) in [6.07, 6.45) is 10.5. The van der Waals surface area contributed by atoms with E-state index in [0.29, 0.717) is 6.42 Å². The molecular weight excluding hydrogens is 250 g/mol. The van der Waals surface area contributed by atoms with Gasteiger partial charge in [-0.1, -0.05) is 12.8 Å². The van der Waals surface area contributed by atoms with Crippen molar-refractivity contribution in [3.8, 4) is 0 Å². The standard InChI is InChI=1S/C13H23NO3S/c15-18(16,17)10-4-3-8-14-9-7-12-5-1-2-6-13(12)11-14/h11-13H,1-10H2/p+1. The van der Waals surface area contributed by atoms with E-state index >= 15 is 0 Å². The van der Waals surface area contributed by atoms with Gasteiger partial charge in [0.1, 0.15) is 19.3 Å². The SMILES string of the molecule is O=S(=O)(O)CCCC[N+]1=CC2CCCCC2CC1. The molecule has 5 heteroatoms. The van der Waals surface area contributed by atoms with Gasteiger partial charge in [0.15, 0.2) is 0 Å². The van der Waals surface area contributed by atoms with E-state index < -0.39 is 10.1 Å². The Bertz CT molecular complexity index is 402. The third kappa shape index (κ3) is 4.35. The van der Waals surface area contributed by atoms with Crippen molar-refractivity contribution in [2.45, 2.75) is 44.9 Å². The molecule has 2 rings (SSSR count). The van der Waals surface area contributed by atoms with Crippen LogP contribution in [0.25, 0.3) is 0 Å². The van der Waals surface area contributed by atoms with Crippen LogP contribution in [0.4, 0.5) is 0 Å². The van der Waals surface area contributed by atoms with E-state index in [2.05, 4.69) is 10.8 Å². The van der Waals surface area contributed by atoms with Crippen LogP contribution in [0, 0.1) is 11.8 Å². The van der Waals surface area contributed by atoms with Crippen molar-refractivity contribution < 1.29 is 17.5 Å². The molecule has 0 aromatic carbocycles. The van der Waals surface area contributed by atoms with E-state index in [-0.39, 0.29) is 5.75 Å². The minimum Gasteiger partial charge on any atom is -0.286 e. The average molecular weight is 274 g/mol. The van der Waals surface area contributed by atoms with E-state index in [4.69, 9.17) is 4.55 Å². The summed E-state index contributed by atoms with van der Waals surface area (Å²) in [6.45, 7) is 2.05. The molecule has 0 saturated heterocycles. The van der Waals surface area contributed by atoms with E-state index in [0.717, 1.165) is 31.3 Å². The van der Waals surface area contributed by atoms with Gasteiger partial charge in [-0.05, 0) is 25.2 Å². The number of nitrogens with zero attached hydrogens (tertiary/aromatic N) is 1. The van der Waals surface area contributed by atoms with Crippen molar-refractivity contribution in [2.75, 3.05) is 18.8 Å². The molecule has 1 fully saturated rings. The molecule has 0 aromatic rings. The maximum absolute atomic E-state index is 10.6. The molecule has 0 radical (unpaired) electrons. The summed E-state index contributed by atoms with van der Waals surface area (Å²) in [4.78, 5) is 0. The molecule has 104 valence electrons. The number of hydrogen-bond acceptors (Lipinski definition) is 2. The van der Waals surface area contributed by atoms with Crippen LogP contribution in [0.3, 0.4) is 0 Å². The van der Waals surface area contributed by atoms with Crippen LogP contribution >= 0.6 is 0 Å². The van der Waals surface area contributed by atoms with Crippen LogP contribution < -0.4 is 0 Å². The number of rotatable bonds is 5. The Morgan fingerprint density at radius 2 is 1.94 bits per heavy atom. The Kier molecular flexibility index (Phi) is 4.78. The number of unbranched alkanes of at least 4 members (excludes halogenated alkanes) is 1. The normalized spacial score (nSPS) is 28.6. The molecule has 2 unspecified atom stereocenters. The maximum Gasteiger partial charge on any atom is 0.264 e. The van der Waals surface area contributed by atoms with Crippen molar-refractivity contribution in [3.63, 3.8) is 0 Å². The fraction of sp³-hybridized carbons (Fsp3) is 0.923. The van der Waals surface area contributed by atoms with E-state index in [1.54, 1.807) is 0 Å². The van der Waals surface area contributed by atoms with Crippen LogP contribution in [0.15, 0.2) is 0 Å². The zero-order valence-electron chi connectivity index (χ0n) is 10.9. The number of fused-ring (bicyclic) bond motifs is 1. The van der Waals surface area contributed by atoms with Gasteiger partial charge in [0.25, 0.3) is 10.1 Å². The maximum atomic E-state index is 10.6.